The fourth-order valence-electron chi connectivity index (χ4n) is 2.57. The Hall–Kier alpha value is -0.780. The van der Waals surface area contributed by atoms with Gasteiger partial charge in [-0.2, -0.15) is 0 Å². The van der Waals surface area contributed by atoms with E-state index in [-0.39, 0.29) is 0 Å². The first kappa shape index (κ1) is 9.76. The number of hydrogen-bond acceptors (Lipinski definition) is 0. The van der Waals surface area contributed by atoms with Crippen LogP contribution in [0, 0.1) is 11.3 Å². The Bertz CT molecular complexity index is 318. The van der Waals surface area contributed by atoms with Crippen LogP contribution in [0.25, 0.3) is 0 Å². The summed E-state index contributed by atoms with van der Waals surface area (Å²) in [5.74, 6) is 1.63. The molecular formula is C14H20. The molecular weight excluding hydrogens is 168 g/mol. The van der Waals surface area contributed by atoms with E-state index >= 15 is 0 Å². The SMILES string of the molecule is CCc1ccc(C2[C@@H](C)C2(C)C)cc1. The highest BCUT2D eigenvalue weighted by Gasteiger charge is 2.54. The van der Waals surface area contributed by atoms with Gasteiger partial charge >= 0.3 is 0 Å². The van der Waals surface area contributed by atoms with Crippen LogP contribution in [0.5, 0.6) is 0 Å². The minimum Gasteiger partial charge on any atom is -0.0614 e. The van der Waals surface area contributed by atoms with Gasteiger partial charge in [0, 0.05) is 0 Å². The molecule has 2 atom stereocenters. The van der Waals surface area contributed by atoms with E-state index in [0.717, 1.165) is 18.3 Å². The van der Waals surface area contributed by atoms with E-state index in [4.69, 9.17) is 0 Å². The maximum atomic E-state index is 2.37. The molecule has 0 heterocycles. The van der Waals surface area contributed by atoms with Crippen LogP contribution >= 0.6 is 0 Å². The summed E-state index contributed by atoms with van der Waals surface area (Å²) < 4.78 is 0. The zero-order valence-corrected chi connectivity index (χ0v) is 9.67. The van der Waals surface area contributed by atoms with Gasteiger partial charge in [-0.25, -0.2) is 0 Å². The molecule has 0 spiro atoms. The first-order chi connectivity index (χ1) is 6.57. The van der Waals surface area contributed by atoms with E-state index in [1.165, 1.54) is 11.1 Å². The first-order valence-corrected chi connectivity index (χ1v) is 5.66. The minimum atomic E-state index is 0.522. The Balaban J connectivity index is 2.20. The summed E-state index contributed by atoms with van der Waals surface area (Å²) in [6, 6.07) is 9.18. The van der Waals surface area contributed by atoms with Gasteiger partial charge in [-0.3, -0.25) is 0 Å². The Morgan fingerprint density at radius 1 is 1.14 bits per heavy atom. The van der Waals surface area contributed by atoms with Crippen molar-refractivity contribution >= 4 is 0 Å². The monoisotopic (exact) mass is 188 g/mol. The molecule has 1 aliphatic rings. The summed E-state index contributed by atoms with van der Waals surface area (Å²) in [7, 11) is 0. The van der Waals surface area contributed by atoms with Crippen LogP contribution in [0.15, 0.2) is 24.3 Å². The minimum absolute atomic E-state index is 0.522. The lowest BCUT2D eigenvalue weighted by molar-refractivity contribution is 0.575. The van der Waals surface area contributed by atoms with Gasteiger partial charge in [0.1, 0.15) is 0 Å². The van der Waals surface area contributed by atoms with E-state index in [0.29, 0.717) is 5.41 Å². The number of rotatable bonds is 2. The summed E-state index contributed by atoms with van der Waals surface area (Å²) in [5, 5.41) is 0. The summed E-state index contributed by atoms with van der Waals surface area (Å²) in [6.07, 6.45) is 1.14. The lowest BCUT2D eigenvalue weighted by Crippen LogP contribution is -1.90. The lowest BCUT2D eigenvalue weighted by atomic mass is 10.0. The third-order valence-corrected chi connectivity index (χ3v) is 4.11. The lowest BCUT2D eigenvalue weighted by Gasteiger charge is -2.04. The van der Waals surface area contributed by atoms with E-state index in [1.54, 1.807) is 0 Å². The largest absolute Gasteiger partial charge is 0.0614 e. The van der Waals surface area contributed by atoms with E-state index in [1.807, 2.05) is 0 Å². The van der Waals surface area contributed by atoms with Crippen molar-refractivity contribution < 1.29 is 0 Å². The van der Waals surface area contributed by atoms with Crippen molar-refractivity contribution in [3.8, 4) is 0 Å². The maximum absolute atomic E-state index is 2.37. The van der Waals surface area contributed by atoms with E-state index in [9.17, 15) is 0 Å². The van der Waals surface area contributed by atoms with Gasteiger partial charge < -0.3 is 0 Å². The van der Waals surface area contributed by atoms with Crippen LogP contribution in [0.1, 0.15) is 44.7 Å². The topological polar surface area (TPSA) is 0 Å². The Kier molecular flexibility index (Phi) is 2.17. The van der Waals surface area contributed by atoms with Gasteiger partial charge in [0.15, 0.2) is 0 Å². The summed E-state index contributed by atoms with van der Waals surface area (Å²) in [4.78, 5) is 0. The Morgan fingerprint density at radius 3 is 2.00 bits per heavy atom. The Labute approximate surface area is 87.3 Å². The average molecular weight is 188 g/mol. The Morgan fingerprint density at radius 2 is 1.64 bits per heavy atom. The summed E-state index contributed by atoms with van der Waals surface area (Å²) in [6.45, 7) is 9.31. The second-order valence-electron chi connectivity index (χ2n) is 5.18. The molecule has 0 heteroatoms. The van der Waals surface area contributed by atoms with Gasteiger partial charge in [0.25, 0.3) is 0 Å². The zero-order chi connectivity index (χ0) is 10.3. The second kappa shape index (κ2) is 3.12. The van der Waals surface area contributed by atoms with Crippen LogP contribution in [0.2, 0.25) is 0 Å². The van der Waals surface area contributed by atoms with Gasteiger partial charge in [-0.15, -0.1) is 0 Å². The molecule has 1 fully saturated rings. The molecule has 76 valence electrons. The van der Waals surface area contributed by atoms with Gasteiger partial charge in [-0.05, 0) is 34.8 Å². The predicted molar refractivity (Wildman–Crippen MR) is 61.5 cm³/mol. The van der Waals surface area contributed by atoms with Gasteiger partial charge in [0.2, 0.25) is 0 Å². The molecule has 1 saturated carbocycles. The molecule has 0 aliphatic heterocycles. The number of benzene rings is 1. The molecule has 1 aromatic rings. The molecule has 0 amide bonds. The van der Waals surface area contributed by atoms with Crippen LogP contribution < -0.4 is 0 Å². The van der Waals surface area contributed by atoms with Crippen LogP contribution in [0.3, 0.4) is 0 Å². The standard InChI is InChI=1S/C14H20/c1-5-11-6-8-12(9-7-11)13-10(2)14(13,3)4/h6-10,13H,5H2,1-4H3/t10-,13?/m1/s1. The maximum Gasteiger partial charge on any atom is -0.00768 e. The fraction of sp³-hybridized carbons (Fsp3) is 0.571. The van der Waals surface area contributed by atoms with Crippen molar-refractivity contribution in [3.63, 3.8) is 0 Å². The molecule has 0 aromatic heterocycles. The molecule has 0 N–H and O–H groups in total. The molecule has 1 unspecified atom stereocenters. The predicted octanol–water partition coefficient (Wildman–Crippen LogP) is 4.01. The second-order valence-corrected chi connectivity index (χ2v) is 5.18. The number of hydrogen-bond donors (Lipinski definition) is 0. The smallest absolute Gasteiger partial charge is 0.00768 e. The normalized spacial score (nSPS) is 28.9. The molecule has 0 nitrogen and oxygen atoms in total. The molecule has 14 heavy (non-hydrogen) atoms. The third kappa shape index (κ3) is 1.37. The van der Waals surface area contributed by atoms with E-state index < -0.39 is 0 Å². The number of aryl methyl sites for hydroxylation is 1. The zero-order valence-electron chi connectivity index (χ0n) is 9.67. The van der Waals surface area contributed by atoms with Crippen molar-refractivity contribution in [1.82, 2.24) is 0 Å². The van der Waals surface area contributed by atoms with Gasteiger partial charge in [0.05, 0.1) is 0 Å². The van der Waals surface area contributed by atoms with Crippen LogP contribution in [-0.2, 0) is 6.42 Å². The highest BCUT2D eigenvalue weighted by molar-refractivity contribution is 5.33. The van der Waals surface area contributed by atoms with Crippen molar-refractivity contribution in [2.75, 3.05) is 0 Å². The summed E-state index contributed by atoms with van der Waals surface area (Å²) in [5.41, 5.74) is 3.49. The van der Waals surface area contributed by atoms with Crippen molar-refractivity contribution in [2.45, 2.75) is 40.0 Å². The van der Waals surface area contributed by atoms with Crippen molar-refractivity contribution in [3.05, 3.63) is 35.4 Å². The average Bonchev–Trinajstić information content (AvgIpc) is 2.67. The fourth-order valence-corrected chi connectivity index (χ4v) is 2.57. The first-order valence-electron chi connectivity index (χ1n) is 5.66. The van der Waals surface area contributed by atoms with Crippen molar-refractivity contribution in [1.29, 1.82) is 0 Å². The quantitative estimate of drug-likeness (QED) is 0.658. The molecule has 1 aromatic carbocycles. The van der Waals surface area contributed by atoms with Crippen LogP contribution in [0.4, 0.5) is 0 Å². The van der Waals surface area contributed by atoms with Crippen molar-refractivity contribution in [2.24, 2.45) is 11.3 Å². The van der Waals surface area contributed by atoms with E-state index in [2.05, 4.69) is 52.0 Å². The molecule has 0 bridgehead atoms. The molecule has 0 saturated heterocycles. The summed E-state index contributed by atoms with van der Waals surface area (Å²) >= 11 is 0. The van der Waals surface area contributed by atoms with Gasteiger partial charge in [-0.1, -0.05) is 52.0 Å². The van der Waals surface area contributed by atoms with Crippen LogP contribution in [-0.4, -0.2) is 0 Å². The molecule has 1 aliphatic carbocycles. The highest BCUT2D eigenvalue weighted by atomic mass is 14.6. The third-order valence-electron chi connectivity index (χ3n) is 4.11. The highest BCUT2D eigenvalue weighted by Crippen LogP contribution is 2.63. The molecule has 2 rings (SSSR count). The molecule has 0 radical (unpaired) electrons.